The van der Waals surface area contributed by atoms with Crippen LogP contribution in [-0.4, -0.2) is 26.2 Å². The summed E-state index contributed by atoms with van der Waals surface area (Å²) in [6.45, 7) is 8.10. The zero-order valence-electron chi connectivity index (χ0n) is 16.7. The van der Waals surface area contributed by atoms with E-state index < -0.39 is 0 Å². The number of aryl methyl sites for hydroxylation is 3. The number of guanidine groups is 1. The van der Waals surface area contributed by atoms with Gasteiger partial charge in [-0.05, 0) is 51.0 Å². The number of aliphatic imine (C=N–C) groups is 1. The molecule has 0 spiro atoms. The zero-order chi connectivity index (χ0) is 20.4. The van der Waals surface area contributed by atoms with Crippen molar-refractivity contribution in [2.45, 2.75) is 33.1 Å². The number of benzene rings is 2. The summed E-state index contributed by atoms with van der Waals surface area (Å²) in [6.07, 6.45) is 0. The summed E-state index contributed by atoms with van der Waals surface area (Å²) in [4.78, 5) is 4.88. The molecule has 1 N–H and O–H groups in total. The average molecular weight is 423 g/mol. The molecule has 29 heavy (non-hydrogen) atoms. The third kappa shape index (κ3) is 4.65. The van der Waals surface area contributed by atoms with Crippen molar-refractivity contribution in [3.63, 3.8) is 0 Å². The van der Waals surface area contributed by atoms with E-state index in [4.69, 9.17) is 10.1 Å². The lowest BCUT2D eigenvalue weighted by atomic mass is 10.1. The number of thioether (sulfide) groups is 1. The monoisotopic (exact) mass is 422 g/mol. The predicted octanol–water partition coefficient (Wildman–Crippen LogP) is 5.64. The molecule has 1 aliphatic heterocycles. The van der Waals surface area contributed by atoms with Crippen molar-refractivity contribution in [3.8, 4) is 0 Å². The van der Waals surface area contributed by atoms with Gasteiger partial charge >= 0.3 is 0 Å². The first-order valence-corrected chi connectivity index (χ1v) is 11.0. The molecule has 1 atom stereocenters. The van der Waals surface area contributed by atoms with Gasteiger partial charge in [-0.15, -0.1) is 10.2 Å². The fourth-order valence-electron chi connectivity index (χ4n) is 2.94. The number of nitrogens with one attached hydrogen (secondary N) is 1. The van der Waals surface area contributed by atoms with Crippen molar-refractivity contribution in [2.75, 3.05) is 5.32 Å². The Labute approximate surface area is 178 Å². The summed E-state index contributed by atoms with van der Waals surface area (Å²) in [7, 11) is 0. The van der Waals surface area contributed by atoms with Crippen LogP contribution in [0.25, 0.3) is 0 Å². The maximum Gasteiger partial charge on any atom is 0.227 e. The highest BCUT2D eigenvalue weighted by Gasteiger charge is 2.31. The van der Waals surface area contributed by atoms with Crippen LogP contribution in [-0.2, 0) is 0 Å². The van der Waals surface area contributed by atoms with Crippen molar-refractivity contribution in [1.82, 2.24) is 15.2 Å². The summed E-state index contributed by atoms with van der Waals surface area (Å²) < 4.78 is 0. The molecule has 148 valence electrons. The lowest BCUT2D eigenvalue weighted by Crippen LogP contribution is -2.32. The molecule has 4 rings (SSSR count). The molecule has 1 aliphatic rings. The predicted molar refractivity (Wildman–Crippen MR) is 123 cm³/mol. The normalized spacial score (nSPS) is 16.8. The number of anilines is 1. The van der Waals surface area contributed by atoms with E-state index in [1.807, 2.05) is 37.1 Å². The van der Waals surface area contributed by atoms with Crippen LogP contribution >= 0.6 is 23.1 Å². The molecule has 0 saturated heterocycles. The fourth-order valence-corrected chi connectivity index (χ4v) is 4.52. The average Bonchev–Trinajstić information content (AvgIpc) is 3.27. The van der Waals surface area contributed by atoms with Crippen molar-refractivity contribution in [3.05, 3.63) is 70.2 Å². The molecular weight excluding hydrogens is 400 g/mol. The third-order valence-electron chi connectivity index (χ3n) is 4.31. The van der Waals surface area contributed by atoms with Gasteiger partial charge in [0.25, 0.3) is 0 Å². The molecule has 3 aromatic rings. The van der Waals surface area contributed by atoms with E-state index in [9.17, 15) is 0 Å². The Morgan fingerprint density at radius 1 is 1.00 bits per heavy atom. The smallest absolute Gasteiger partial charge is 0.227 e. The molecule has 2 aromatic carbocycles. The largest absolute Gasteiger partial charge is 0.299 e. The van der Waals surface area contributed by atoms with Crippen LogP contribution in [0.5, 0.6) is 0 Å². The lowest BCUT2D eigenvalue weighted by molar-refractivity contribution is 0.438. The van der Waals surface area contributed by atoms with E-state index in [1.165, 1.54) is 22.5 Å². The molecule has 0 amide bonds. The summed E-state index contributed by atoms with van der Waals surface area (Å²) in [5, 5.41) is 20.9. The summed E-state index contributed by atoms with van der Waals surface area (Å²) >= 11 is 3.21. The van der Waals surface area contributed by atoms with Crippen LogP contribution in [0.15, 0.2) is 58.6 Å². The number of hydrogen-bond donors (Lipinski definition) is 1. The standard InChI is InChI=1S/C21H22N6S2/c1-13-8-10-17(11-9-13)19-27(26-16(4)28-19)20(23-21-25-24-15(3)29-21)22-18-7-5-6-14(2)12-18/h5-12,19H,1-4H3,(H,22,23,25). The van der Waals surface area contributed by atoms with E-state index >= 15 is 0 Å². The van der Waals surface area contributed by atoms with E-state index in [0.29, 0.717) is 11.1 Å². The number of aromatic nitrogens is 2. The molecule has 2 heterocycles. The quantitative estimate of drug-likeness (QED) is 0.437. The second kappa shape index (κ2) is 8.34. The SMILES string of the molecule is CC1=NN(/C(=N\c2cccc(C)c2)Nc2nnc(C)s2)C(c2ccc(C)cc2)S1. The van der Waals surface area contributed by atoms with E-state index in [2.05, 4.69) is 59.7 Å². The molecule has 1 unspecified atom stereocenters. The molecule has 0 bridgehead atoms. The van der Waals surface area contributed by atoms with Crippen LogP contribution < -0.4 is 5.32 Å². The van der Waals surface area contributed by atoms with Crippen LogP contribution in [0.1, 0.15) is 34.0 Å². The third-order valence-corrected chi connectivity index (χ3v) is 6.19. The van der Waals surface area contributed by atoms with Crippen molar-refractivity contribution in [1.29, 1.82) is 0 Å². The van der Waals surface area contributed by atoms with Gasteiger partial charge in [0.05, 0.1) is 10.7 Å². The van der Waals surface area contributed by atoms with Crippen molar-refractivity contribution < 1.29 is 0 Å². The van der Waals surface area contributed by atoms with E-state index in [1.54, 1.807) is 11.8 Å². The molecular formula is C21H22N6S2. The van der Waals surface area contributed by atoms with Gasteiger partial charge in [-0.3, -0.25) is 5.32 Å². The van der Waals surface area contributed by atoms with Gasteiger partial charge in [0, 0.05) is 0 Å². The van der Waals surface area contributed by atoms with Crippen LogP contribution in [0, 0.1) is 20.8 Å². The van der Waals surface area contributed by atoms with E-state index in [-0.39, 0.29) is 5.37 Å². The Kier molecular flexibility index (Phi) is 5.64. The zero-order valence-corrected chi connectivity index (χ0v) is 18.4. The molecule has 6 nitrogen and oxygen atoms in total. The van der Waals surface area contributed by atoms with Gasteiger partial charge in [0.2, 0.25) is 11.1 Å². The van der Waals surface area contributed by atoms with E-state index in [0.717, 1.165) is 21.3 Å². The Balaban J connectivity index is 1.74. The van der Waals surface area contributed by atoms with Gasteiger partial charge in [0.1, 0.15) is 10.4 Å². The summed E-state index contributed by atoms with van der Waals surface area (Å²) in [5.74, 6) is 0.627. The first kappa shape index (κ1) is 19.6. The van der Waals surface area contributed by atoms with Gasteiger partial charge in [-0.25, -0.2) is 10.0 Å². The maximum atomic E-state index is 4.88. The number of hydrazone groups is 1. The van der Waals surface area contributed by atoms with Crippen LogP contribution in [0.2, 0.25) is 0 Å². The minimum Gasteiger partial charge on any atom is -0.299 e. The van der Waals surface area contributed by atoms with Crippen LogP contribution in [0.4, 0.5) is 10.8 Å². The topological polar surface area (TPSA) is 65.8 Å². The molecule has 0 saturated carbocycles. The molecule has 0 radical (unpaired) electrons. The first-order valence-electron chi connectivity index (χ1n) is 9.28. The van der Waals surface area contributed by atoms with Crippen molar-refractivity contribution >= 4 is 44.9 Å². The minimum absolute atomic E-state index is 0.000627. The minimum atomic E-state index is 0.000627. The number of hydrogen-bond acceptors (Lipinski definition) is 6. The Morgan fingerprint density at radius 3 is 2.48 bits per heavy atom. The molecule has 1 aromatic heterocycles. The maximum absolute atomic E-state index is 4.88. The highest BCUT2D eigenvalue weighted by molar-refractivity contribution is 8.14. The summed E-state index contributed by atoms with van der Waals surface area (Å²) in [6, 6.07) is 16.6. The second-order valence-corrected chi connectivity index (χ2v) is 9.32. The highest BCUT2D eigenvalue weighted by atomic mass is 32.2. The van der Waals surface area contributed by atoms with Gasteiger partial charge in [-0.2, -0.15) is 5.10 Å². The Bertz CT molecular complexity index is 1070. The molecule has 0 aliphatic carbocycles. The first-order chi connectivity index (χ1) is 14.0. The van der Waals surface area contributed by atoms with Crippen LogP contribution in [0.3, 0.4) is 0 Å². The van der Waals surface area contributed by atoms with Crippen molar-refractivity contribution in [2.24, 2.45) is 10.1 Å². The lowest BCUT2D eigenvalue weighted by Gasteiger charge is -2.24. The Hall–Kier alpha value is -2.71. The Morgan fingerprint density at radius 2 is 1.79 bits per heavy atom. The van der Waals surface area contributed by atoms with Gasteiger partial charge in [-0.1, -0.05) is 65.1 Å². The number of nitrogens with zero attached hydrogens (tertiary/aromatic N) is 5. The molecule has 0 fully saturated rings. The second-order valence-electron chi connectivity index (χ2n) is 6.87. The fraction of sp³-hybridized carbons (Fsp3) is 0.238. The van der Waals surface area contributed by atoms with Gasteiger partial charge < -0.3 is 0 Å². The van der Waals surface area contributed by atoms with Gasteiger partial charge in [0.15, 0.2) is 0 Å². The highest BCUT2D eigenvalue weighted by Crippen LogP contribution is 2.40. The molecule has 8 heteroatoms. The number of rotatable bonds is 3. The summed E-state index contributed by atoms with van der Waals surface area (Å²) in [5.41, 5.74) is 4.43.